The summed E-state index contributed by atoms with van der Waals surface area (Å²) in [6.07, 6.45) is 15.2. The first-order valence-electron chi connectivity index (χ1n) is 17.5. The Hall–Kier alpha value is -4.32. The van der Waals surface area contributed by atoms with Crippen molar-refractivity contribution in [2.45, 2.75) is 57.5 Å². The van der Waals surface area contributed by atoms with Gasteiger partial charge in [0.05, 0.1) is 56.9 Å². The first-order chi connectivity index (χ1) is 25.6. The highest BCUT2D eigenvalue weighted by atomic mass is 31.2. The molecule has 0 radical (unpaired) electrons. The van der Waals surface area contributed by atoms with Crippen LogP contribution in [0.1, 0.15) is 42.4 Å². The van der Waals surface area contributed by atoms with Crippen LogP contribution in [0.15, 0.2) is 64.8 Å². The molecule has 1 saturated carbocycles. The number of rotatable bonds is 18. The average molecular weight is 763 g/mol. The van der Waals surface area contributed by atoms with Gasteiger partial charge in [-0.15, -0.1) is 5.10 Å². The number of ether oxygens (including phenoxy) is 4. The monoisotopic (exact) mass is 762 g/mol. The summed E-state index contributed by atoms with van der Waals surface area (Å²) in [5.74, 6) is 1.48. The summed E-state index contributed by atoms with van der Waals surface area (Å²) in [4.78, 5) is 47.9. The molecule has 2 aliphatic carbocycles. The number of phosphoric acid groups is 1. The van der Waals surface area contributed by atoms with Gasteiger partial charge in [0.25, 0.3) is 5.56 Å². The van der Waals surface area contributed by atoms with Gasteiger partial charge in [0.1, 0.15) is 18.4 Å². The van der Waals surface area contributed by atoms with Crippen molar-refractivity contribution >= 4 is 13.9 Å². The van der Waals surface area contributed by atoms with Gasteiger partial charge in [-0.25, -0.2) is 14.2 Å². The number of aliphatic hydroxyl groups is 1. The smallest absolute Gasteiger partial charge is 0.495 e. The summed E-state index contributed by atoms with van der Waals surface area (Å²) in [7, 11) is -2.41. The number of hydrogen-bond donors (Lipinski definition) is 4. The fourth-order valence-electron chi connectivity index (χ4n) is 6.53. The highest BCUT2D eigenvalue weighted by molar-refractivity contribution is 7.47. The Kier molecular flexibility index (Phi) is 14.4. The summed E-state index contributed by atoms with van der Waals surface area (Å²) < 4.78 is 47.0. The number of allylic oxidation sites excluding steroid dienone is 6. The third-order valence-electron chi connectivity index (χ3n) is 9.34. The zero-order chi connectivity index (χ0) is 37.8. The number of nitrogens with zero attached hydrogens (tertiary/aromatic N) is 4. The molecule has 0 aromatic carbocycles. The van der Waals surface area contributed by atoms with Crippen LogP contribution in [0.5, 0.6) is 0 Å². The van der Waals surface area contributed by atoms with Crippen molar-refractivity contribution in [2.75, 3.05) is 39.6 Å². The number of aromatic amines is 1. The van der Waals surface area contributed by atoms with Crippen molar-refractivity contribution in [1.29, 1.82) is 0 Å². The lowest BCUT2D eigenvalue weighted by atomic mass is 10.0. The minimum absolute atomic E-state index is 0.0122. The second-order valence-corrected chi connectivity index (χ2v) is 14.3. The molecule has 19 heteroatoms. The summed E-state index contributed by atoms with van der Waals surface area (Å²) in [5.41, 5.74) is 1.56. The van der Waals surface area contributed by atoms with Crippen LogP contribution in [0.4, 0.5) is 4.79 Å². The Balaban J connectivity index is 0.870. The van der Waals surface area contributed by atoms with Crippen LogP contribution < -0.4 is 16.6 Å². The van der Waals surface area contributed by atoms with Crippen LogP contribution in [0.3, 0.4) is 0 Å². The van der Waals surface area contributed by atoms with E-state index in [0.717, 1.165) is 37.6 Å². The Labute approximate surface area is 305 Å². The maximum absolute atomic E-state index is 12.2. The van der Waals surface area contributed by atoms with Crippen LogP contribution in [0.2, 0.25) is 0 Å². The topological polar surface area (TPSA) is 228 Å². The predicted molar refractivity (Wildman–Crippen MR) is 188 cm³/mol. The molecule has 3 unspecified atom stereocenters. The fourth-order valence-corrected chi connectivity index (χ4v) is 7.12. The summed E-state index contributed by atoms with van der Waals surface area (Å²) in [5, 5.41) is 20.7. The van der Waals surface area contributed by atoms with Crippen molar-refractivity contribution in [3.8, 4) is 0 Å². The Bertz CT molecular complexity index is 1820. The molecule has 2 aromatic heterocycles. The molecule has 2 fully saturated rings. The minimum Gasteiger partial charge on any atom is -0.495 e. The molecule has 0 bridgehead atoms. The van der Waals surface area contributed by atoms with Crippen LogP contribution in [-0.4, -0.2) is 92.4 Å². The molecule has 0 spiro atoms. The van der Waals surface area contributed by atoms with Gasteiger partial charge in [-0.2, -0.15) is 0 Å². The third-order valence-corrected chi connectivity index (χ3v) is 10.2. The van der Waals surface area contributed by atoms with Gasteiger partial charge in [0.15, 0.2) is 0 Å². The third kappa shape index (κ3) is 11.6. The molecule has 5 rings (SSSR count). The van der Waals surface area contributed by atoms with Crippen LogP contribution in [-0.2, 0) is 52.4 Å². The fraction of sp³-hybridized carbons (Fsp3) is 0.559. The number of nitrogens with one attached hydrogen (secondary N) is 2. The average Bonchev–Trinajstić information content (AvgIpc) is 3.39. The quantitative estimate of drug-likeness (QED) is 0.0739. The Morgan fingerprint density at radius 2 is 1.83 bits per heavy atom. The van der Waals surface area contributed by atoms with E-state index in [2.05, 4.69) is 20.6 Å². The van der Waals surface area contributed by atoms with Crippen molar-refractivity contribution < 1.29 is 47.4 Å². The van der Waals surface area contributed by atoms with E-state index in [-0.39, 0.29) is 39.4 Å². The number of alkyl carbamates (subject to hydrolysis) is 1. The van der Waals surface area contributed by atoms with E-state index in [1.165, 1.54) is 28.8 Å². The maximum Gasteiger partial charge on any atom is 0.526 e. The van der Waals surface area contributed by atoms with Crippen molar-refractivity contribution in [2.24, 2.45) is 24.8 Å². The predicted octanol–water partition coefficient (Wildman–Crippen LogP) is 2.10. The van der Waals surface area contributed by atoms with Crippen molar-refractivity contribution in [3.05, 3.63) is 93.0 Å². The number of aliphatic hydroxyl groups excluding tert-OH is 1. The van der Waals surface area contributed by atoms with E-state index in [1.807, 2.05) is 11.7 Å². The van der Waals surface area contributed by atoms with E-state index >= 15 is 0 Å². The minimum atomic E-state index is -4.34. The Morgan fingerprint density at radius 1 is 1.09 bits per heavy atom. The molecule has 18 nitrogen and oxygen atoms in total. The largest absolute Gasteiger partial charge is 0.526 e. The number of fused-ring (bicyclic) bond motifs is 2. The molecule has 290 valence electrons. The van der Waals surface area contributed by atoms with Crippen LogP contribution in [0.25, 0.3) is 0 Å². The van der Waals surface area contributed by atoms with E-state index < -0.39 is 43.6 Å². The number of carbonyl (C=O) groups is 1. The first kappa shape index (κ1) is 39.9. The van der Waals surface area contributed by atoms with Gasteiger partial charge in [-0.1, -0.05) is 29.5 Å². The SMILES string of the molecule is Cc1cn([C@H]2CC(O/C=C/C=C/C=C/C=C/OP(=O)(O)OCCOCCNC(=O)OCC3[C@H]4CCc5nnn(C)c5CC[C@@H]34)[C@@H](CO)O2)c(=O)[nH]c1=O. The van der Waals surface area contributed by atoms with Gasteiger partial charge in [0.2, 0.25) is 0 Å². The molecule has 3 heterocycles. The van der Waals surface area contributed by atoms with Crippen LogP contribution in [0, 0.1) is 24.7 Å². The van der Waals surface area contributed by atoms with Crippen molar-refractivity contribution in [3.63, 3.8) is 0 Å². The molecule has 7 atom stereocenters. The van der Waals surface area contributed by atoms with Gasteiger partial charge in [-0.3, -0.25) is 28.4 Å². The Morgan fingerprint density at radius 3 is 2.60 bits per heavy atom. The van der Waals surface area contributed by atoms with Gasteiger partial charge >= 0.3 is 19.6 Å². The number of H-pyrrole nitrogens is 1. The van der Waals surface area contributed by atoms with E-state index in [1.54, 1.807) is 37.3 Å². The molecule has 2 aromatic rings. The molecular formula is C34H47N6O12P. The second kappa shape index (κ2) is 19.1. The maximum atomic E-state index is 12.2. The van der Waals surface area contributed by atoms with Crippen LogP contribution >= 0.6 is 7.82 Å². The second-order valence-electron chi connectivity index (χ2n) is 12.8. The molecule has 1 aliphatic heterocycles. The van der Waals surface area contributed by atoms with Crippen molar-refractivity contribution in [1.82, 2.24) is 29.9 Å². The number of aromatic nitrogens is 5. The highest BCUT2D eigenvalue weighted by Crippen LogP contribution is 2.52. The lowest BCUT2D eigenvalue weighted by molar-refractivity contribution is -0.0481. The lowest BCUT2D eigenvalue weighted by Crippen LogP contribution is -2.33. The molecule has 1 saturated heterocycles. The summed E-state index contributed by atoms with van der Waals surface area (Å²) in [6.45, 7) is 1.85. The number of hydrogen-bond acceptors (Lipinski definition) is 13. The van der Waals surface area contributed by atoms with E-state index in [4.69, 9.17) is 28.0 Å². The number of phosphoric ester groups is 1. The summed E-state index contributed by atoms with van der Waals surface area (Å²) >= 11 is 0. The molecule has 4 N–H and O–H groups in total. The standard InChI is InChI=1S/C34H47N6O12P/c1-23-20-40(33(43)36-32(23)42)31-19-29(30(21-41)52-31)48-14-7-5-3-4-6-8-15-50-53(45,46)51-18-17-47-16-13-35-34(44)49-22-26-24-9-11-27-28(12-10-25(24)26)39(2)38-37-27/h3-8,14-15,20,24-26,29-31,41H,9-13,16-19,21-22H2,1-2H3,(H,35,44)(H,45,46)(H,36,42,43)/b5-3+,6-4+,14-7+,15-8+/t24-,25+,26?,29?,30+,31+/m0/s1. The number of carbonyl (C=O) groups excluding carboxylic acids is 1. The van der Waals surface area contributed by atoms with Gasteiger partial charge < -0.3 is 33.9 Å². The van der Waals surface area contributed by atoms with E-state index in [0.29, 0.717) is 29.9 Å². The van der Waals surface area contributed by atoms with Gasteiger partial charge in [-0.05, 0) is 62.5 Å². The van der Waals surface area contributed by atoms with E-state index in [9.17, 15) is 28.9 Å². The molecule has 3 aliphatic rings. The summed E-state index contributed by atoms with van der Waals surface area (Å²) in [6, 6.07) is 0. The van der Waals surface area contributed by atoms with Gasteiger partial charge in [0, 0.05) is 31.8 Å². The number of aryl methyl sites for hydroxylation is 3. The normalized spacial score (nSPS) is 25.3. The molecular weight excluding hydrogens is 715 g/mol. The highest BCUT2D eigenvalue weighted by Gasteiger charge is 2.50. The zero-order valence-electron chi connectivity index (χ0n) is 29.7. The zero-order valence-corrected chi connectivity index (χ0v) is 30.5. The lowest BCUT2D eigenvalue weighted by Gasteiger charge is -2.15. The first-order valence-corrected chi connectivity index (χ1v) is 19.0. The molecule has 53 heavy (non-hydrogen) atoms. The number of amides is 1. The molecule has 1 amide bonds.